The predicted octanol–water partition coefficient (Wildman–Crippen LogP) is 3.61. The van der Waals surface area contributed by atoms with E-state index in [4.69, 9.17) is 4.74 Å². The number of amides is 1. The molecule has 4 heteroatoms. The van der Waals surface area contributed by atoms with Gasteiger partial charge in [0.2, 0.25) is 0 Å². The van der Waals surface area contributed by atoms with Crippen molar-refractivity contribution in [2.75, 3.05) is 0 Å². The molecule has 0 radical (unpaired) electrons. The lowest BCUT2D eigenvalue weighted by Gasteiger charge is -2.17. The molecule has 2 rings (SSSR count). The van der Waals surface area contributed by atoms with Crippen molar-refractivity contribution >= 4 is 5.91 Å². The Bertz CT molecular complexity index is 608. The van der Waals surface area contributed by atoms with Crippen molar-refractivity contribution in [1.82, 2.24) is 5.32 Å². The van der Waals surface area contributed by atoms with Crippen molar-refractivity contribution in [3.63, 3.8) is 0 Å². The minimum atomic E-state index is -0.587. The molecule has 22 heavy (non-hydrogen) atoms. The third kappa shape index (κ3) is 4.58. The number of hydrogen-bond donors (Lipinski definition) is 1. The van der Waals surface area contributed by atoms with E-state index in [-0.39, 0.29) is 11.7 Å². The lowest BCUT2D eigenvalue weighted by molar-refractivity contribution is -0.128. The maximum absolute atomic E-state index is 12.9. The topological polar surface area (TPSA) is 38.3 Å². The number of halogens is 1. The third-order valence-corrected chi connectivity index (χ3v) is 3.34. The van der Waals surface area contributed by atoms with Gasteiger partial charge in [-0.2, -0.15) is 0 Å². The van der Waals surface area contributed by atoms with Crippen molar-refractivity contribution in [1.29, 1.82) is 0 Å². The van der Waals surface area contributed by atoms with Gasteiger partial charge in [0.15, 0.2) is 6.10 Å². The molecule has 116 valence electrons. The molecular formula is C18H20FNO2. The second-order valence-electron chi connectivity index (χ2n) is 5.17. The van der Waals surface area contributed by atoms with Crippen LogP contribution in [0.15, 0.2) is 48.5 Å². The van der Waals surface area contributed by atoms with E-state index in [2.05, 4.69) is 5.32 Å². The van der Waals surface area contributed by atoms with E-state index < -0.39 is 6.10 Å². The van der Waals surface area contributed by atoms with Gasteiger partial charge in [-0.1, -0.05) is 36.8 Å². The normalized spacial score (nSPS) is 11.8. The van der Waals surface area contributed by atoms with E-state index in [1.807, 2.05) is 38.1 Å². The Balaban J connectivity index is 1.91. The van der Waals surface area contributed by atoms with Crippen molar-refractivity contribution in [3.8, 4) is 5.75 Å². The van der Waals surface area contributed by atoms with E-state index >= 15 is 0 Å². The van der Waals surface area contributed by atoms with Crippen molar-refractivity contribution in [3.05, 3.63) is 65.5 Å². The van der Waals surface area contributed by atoms with E-state index in [9.17, 15) is 9.18 Å². The first-order valence-corrected chi connectivity index (χ1v) is 7.34. The number of aryl methyl sites for hydroxylation is 1. The smallest absolute Gasteiger partial charge is 0.261 e. The molecule has 0 heterocycles. The molecule has 0 fully saturated rings. The first kappa shape index (κ1) is 16.0. The van der Waals surface area contributed by atoms with Gasteiger partial charge in [0.1, 0.15) is 11.6 Å². The summed E-state index contributed by atoms with van der Waals surface area (Å²) >= 11 is 0. The Morgan fingerprint density at radius 1 is 1.14 bits per heavy atom. The average molecular weight is 301 g/mol. The van der Waals surface area contributed by atoms with Crippen LogP contribution in [0.3, 0.4) is 0 Å². The molecule has 0 saturated heterocycles. The highest BCUT2D eigenvalue weighted by atomic mass is 19.1. The molecule has 0 aromatic heterocycles. The number of carbonyl (C=O) groups is 1. The predicted molar refractivity (Wildman–Crippen MR) is 84.1 cm³/mol. The van der Waals surface area contributed by atoms with Crippen LogP contribution in [-0.2, 0) is 11.3 Å². The van der Waals surface area contributed by atoms with Crippen LogP contribution >= 0.6 is 0 Å². The summed E-state index contributed by atoms with van der Waals surface area (Å²) in [5.41, 5.74) is 2.22. The molecule has 1 amide bonds. The number of hydrogen-bond acceptors (Lipinski definition) is 2. The van der Waals surface area contributed by atoms with Crippen LogP contribution in [0, 0.1) is 12.7 Å². The monoisotopic (exact) mass is 301 g/mol. The van der Waals surface area contributed by atoms with Crippen LogP contribution in [0.25, 0.3) is 0 Å². The Labute approximate surface area is 130 Å². The van der Waals surface area contributed by atoms with Gasteiger partial charge in [-0.05, 0) is 43.2 Å². The number of carbonyl (C=O) groups excluding carboxylic acids is 1. The fourth-order valence-electron chi connectivity index (χ4n) is 2.01. The molecular weight excluding hydrogens is 281 g/mol. The molecule has 1 N–H and O–H groups in total. The summed E-state index contributed by atoms with van der Waals surface area (Å²) < 4.78 is 18.5. The molecule has 1 unspecified atom stereocenters. The number of nitrogens with one attached hydrogen (secondary N) is 1. The van der Waals surface area contributed by atoms with Gasteiger partial charge in [0, 0.05) is 6.54 Å². The highest BCUT2D eigenvalue weighted by Gasteiger charge is 2.17. The fourth-order valence-corrected chi connectivity index (χ4v) is 2.01. The van der Waals surface area contributed by atoms with Gasteiger partial charge >= 0.3 is 0 Å². The number of benzene rings is 2. The lowest BCUT2D eigenvalue weighted by Crippen LogP contribution is -2.37. The Morgan fingerprint density at radius 3 is 2.36 bits per heavy atom. The Hall–Kier alpha value is -2.36. The zero-order chi connectivity index (χ0) is 15.9. The summed E-state index contributed by atoms with van der Waals surface area (Å²) in [7, 11) is 0. The average Bonchev–Trinajstić information content (AvgIpc) is 2.53. The summed E-state index contributed by atoms with van der Waals surface area (Å²) in [6.07, 6.45) is -0.0483. The molecule has 0 bridgehead atoms. The second-order valence-corrected chi connectivity index (χ2v) is 5.17. The first-order valence-electron chi connectivity index (χ1n) is 7.34. The second kappa shape index (κ2) is 7.59. The van der Waals surface area contributed by atoms with E-state index in [1.165, 1.54) is 29.8 Å². The van der Waals surface area contributed by atoms with Crippen LogP contribution < -0.4 is 10.1 Å². The van der Waals surface area contributed by atoms with Crippen LogP contribution in [0.2, 0.25) is 0 Å². The van der Waals surface area contributed by atoms with Gasteiger partial charge in [0.05, 0.1) is 0 Å². The van der Waals surface area contributed by atoms with Crippen LogP contribution in [0.5, 0.6) is 5.75 Å². The van der Waals surface area contributed by atoms with Gasteiger partial charge < -0.3 is 10.1 Å². The maximum atomic E-state index is 12.9. The SMILES string of the molecule is CCC(Oc1ccc(F)cc1)C(=O)NCc1ccc(C)cc1. The molecule has 0 aliphatic rings. The van der Waals surface area contributed by atoms with Crippen LogP contribution in [-0.4, -0.2) is 12.0 Å². The molecule has 2 aromatic rings. The molecule has 1 atom stereocenters. The number of rotatable bonds is 6. The third-order valence-electron chi connectivity index (χ3n) is 3.34. The zero-order valence-corrected chi connectivity index (χ0v) is 12.8. The molecule has 0 spiro atoms. The van der Waals surface area contributed by atoms with Crippen LogP contribution in [0.1, 0.15) is 24.5 Å². The highest BCUT2D eigenvalue weighted by Crippen LogP contribution is 2.14. The van der Waals surface area contributed by atoms with E-state index in [0.717, 1.165) is 5.56 Å². The minimum Gasteiger partial charge on any atom is -0.481 e. The van der Waals surface area contributed by atoms with E-state index in [1.54, 1.807) is 0 Å². The maximum Gasteiger partial charge on any atom is 0.261 e. The van der Waals surface area contributed by atoms with Gasteiger partial charge in [0.25, 0.3) is 5.91 Å². The van der Waals surface area contributed by atoms with Gasteiger partial charge in [-0.3, -0.25) is 4.79 Å². The summed E-state index contributed by atoms with van der Waals surface area (Å²) in [6.45, 7) is 4.36. The van der Waals surface area contributed by atoms with Crippen molar-refractivity contribution in [2.24, 2.45) is 0 Å². The van der Waals surface area contributed by atoms with Gasteiger partial charge in [-0.15, -0.1) is 0 Å². The lowest BCUT2D eigenvalue weighted by atomic mass is 10.1. The molecule has 3 nitrogen and oxygen atoms in total. The summed E-state index contributed by atoms with van der Waals surface area (Å²) in [4.78, 5) is 12.2. The van der Waals surface area contributed by atoms with Crippen molar-refractivity contribution in [2.45, 2.75) is 32.9 Å². The summed E-state index contributed by atoms with van der Waals surface area (Å²) in [5.74, 6) is -0.0182. The number of ether oxygens (including phenoxy) is 1. The minimum absolute atomic E-state index is 0.174. The first-order chi connectivity index (χ1) is 10.6. The largest absolute Gasteiger partial charge is 0.481 e. The highest BCUT2D eigenvalue weighted by molar-refractivity contribution is 5.81. The zero-order valence-electron chi connectivity index (χ0n) is 12.8. The fraction of sp³-hybridized carbons (Fsp3) is 0.278. The summed E-state index contributed by atoms with van der Waals surface area (Å²) in [6, 6.07) is 13.6. The molecule has 0 aliphatic heterocycles. The molecule has 0 saturated carbocycles. The summed E-state index contributed by atoms with van der Waals surface area (Å²) in [5, 5.41) is 2.86. The van der Waals surface area contributed by atoms with Crippen molar-refractivity contribution < 1.29 is 13.9 Å². The molecule has 0 aliphatic carbocycles. The Morgan fingerprint density at radius 2 is 1.77 bits per heavy atom. The van der Waals surface area contributed by atoms with Gasteiger partial charge in [-0.25, -0.2) is 4.39 Å². The molecule has 2 aromatic carbocycles. The quantitative estimate of drug-likeness (QED) is 0.885. The Kier molecular flexibility index (Phi) is 5.53. The van der Waals surface area contributed by atoms with E-state index in [0.29, 0.717) is 18.7 Å². The standard InChI is InChI=1S/C18H20FNO2/c1-3-17(22-16-10-8-15(19)9-11-16)18(21)20-12-14-6-4-13(2)5-7-14/h4-11,17H,3,12H2,1-2H3,(H,20,21). The van der Waals surface area contributed by atoms with Crippen LogP contribution in [0.4, 0.5) is 4.39 Å².